The summed E-state index contributed by atoms with van der Waals surface area (Å²) in [5.74, 6) is -0.740. The van der Waals surface area contributed by atoms with Crippen molar-refractivity contribution < 1.29 is 19.4 Å². The minimum absolute atomic E-state index is 0.257. The molecule has 0 bridgehead atoms. The van der Waals surface area contributed by atoms with Crippen molar-refractivity contribution in [3.8, 4) is 0 Å². The Labute approximate surface area is 158 Å². The Morgan fingerprint density at radius 2 is 1.78 bits per heavy atom. The van der Waals surface area contributed by atoms with Crippen LogP contribution in [-0.4, -0.2) is 23.7 Å². The molecule has 5 heteroatoms. The number of amides is 1. The van der Waals surface area contributed by atoms with Crippen molar-refractivity contribution in [2.75, 3.05) is 6.54 Å². The van der Waals surface area contributed by atoms with Crippen LogP contribution in [0.15, 0.2) is 60.7 Å². The fourth-order valence-electron chi connectivity index (χ4n) is 2.92. The number of carbonyl (C=O) groups is 2. The lowest BCUT2D eigenvalue weighted by Gasteiger charge is -2.09. The molecule has 2 N–H and O–H groups in total. The van der Waals surface area contributed by atoms with E-state index in [0.29, 0.717) is 25.8 Å². The van der Waals surface area contributed by atoms with E-state index in [1.165, 1.54) is 0 Å². The summed E-state index contributed by atoms with van der Waals surface area (Å²) in [5.41, 5.74) is 2.17. The van der Waals surface area contributed by atoms with Gasteiger partial charge >= 0.3 is 12.1 Å². The molecule has 0 aromatic heterocycles. The molecule has 1 fully saturated rings. The third kappa shape index (κ3) is 4.97. The summed E-state index contributed by atoms with van der Waals surface area (Å²) >= 11 is 0. The molecule has 0 spiro atoms. The molecule has 1 aliphatic carbocycles. The lowest BCUT2D eigenvalue weighted by molar-refractivity contribution is -0.140. The second-order valence-corrected chi connectivity index (χ2v) is 6.69. The first-order chi connectivity index (χ1) is 13.1. The molecule has 0 unspecified atom stereocenters. The summed E-state index contributed by atoms with van der Waals surface area (Å²) in [6, 6.07) is 17.2. The Morgan fingerprint density at radius 3 is 2.41 bits per heavy atom. The SMILES string of the molecule is O=C(NCCC=Cc1ccc(C2(C(=O)O)CC2)cc1)OCc1ccccc1. The Bertz CT molecular complexity index is 808. The number of rotatable bonds is 8. The molecule has 0 saturated heterocycles. The van der Waals surface area contributed by atoms with E-state index in [0.717, 1.165) is 16.7 Å². The molecule has 140 valence electrons. The van der Waals surface area contributed by atoms with Gasteiger partial charge in [0.05, 0.1) is 5.41 Å². The average molecular weight is 365 g/mol. The van der Waals surface area contributed by atoms with Crippen molar-refractivity contribution in [2.24, 2.45) is 0 Å². The van der Waals surface area contributed by atoms with E-state index in [9.17, 15) is 14.7 Å². The minimum Gasteiger partial charge on any atom is -0.481 e. The van der Waals surface area contributed by atoms with Crippen molar-refractivity contribution in [1.29, 1.82) is 0 Å². The molecule has 1 aliphatic rings. The van der Waals surface area contributed by atoms with Gasteiger partial charge in [0.25, 0.3) is 0 Å². The molecular weight excluding hydrogens is 342 g/mol. The van der Waals surface area contributed by atoms with Gasteiger partial charge in [0.15, 0.2) is 0 Å². The highest BCUT2D eigenvalue weighted by atomic mass is 16.5. The Balaban J connectivity index is 1.37. The van der Waals surface area contributed by atoms with Gasteiger partial charge in [0.1, 0.15) is 6.61 Å². The summed E-state index contributed by atoms with van der Waals surface area (Å²) in [5, 5.41) is 12.0. The first kappa shape index (κ1) is 18.7. The standard InChI is InChI=1S/C22H23NO4/c24-20(25)22(13-14-22)19-11-9-17(10-12-19)6-4-5-15-23-21(26)27-16-18-7-2-1-3-8-18/h1-4,6-12H,5,13-16H2,(H,23,26)(H,24,25). The van der Waals surface area contributed by atoms with Gasteiger partial charge in [-0.15, -0.1) is 0 Å². The zero-order chi connectivity index (χ0) is 19.1. The number of carbonyl (C=O) groups excluding carboxylic acids is 1. The van der Waals surface area contributed by atoms with Gasteiger partial charge < -0.3 is 15.2 Å². The summed E-state index contributed by atoms with van der Waals surface area (Å²) < 4.78 is 5.14. The number of hydrogen-bond donors (Lipinski definition) is 2. The number of ether oxygens (including phenoxy) is 1. The molecule has 1 amide bonds. The number of aliphatic carboxylic acids is 1. The maximum absolute atomic E-state index is 11.6. The minimum atomic E-state index is -0.740. The van der Waals surface area contributed by atoms with E-state index in [1.807, 2.05) is 66.7 Å². The predicted octanol–water partition coefficient (Wildman–Crippen LogP) is 4.13. The Hall–Kier alpha value is -3.08. The average Bonchev–Trinajstić information content (AvgIpc) is 3.50. The van der Waals surface area contributed by atoms with E-state index in [-0.39, 0.29) is 6.61 Å². The molecule has 2 aromatic carbocycles. The normalized spacial score (nSPS) is 14.7. The topological polar surface area (TPSA) is 75.6 Å². The van der Waals surface area contributed by atoms with Crippen LogP contribution in [0.1, 0.15) is 36.0 Å². The van der Waals surface area contributed by atoms with Crippen molar-refractivity contribution in [2.45, 2.75) is 31.3 Å². The van der Waals surface area contributed by atoms with Crippen molar-refractivity contribution in [3.63, 3.8) is 0 Å². The molecule has 0 heterocycles. The molecule has 0 atom stereocenters. The quantitative estimate of drug-likeness (QED) is 0.690. The summed E-state index contributed by atoms with van der Waals surface area (Å²) in [4.78, 5) is 23.0. The second kappa shape index (κ2) is 8.54. The number of alkyl carbamates (subject to hydrolysis) is 1. The first-order valence-electron chi connectivity index (χ1n) is 9.05. The van der Waals surface area contributed by atoms with E-state index in [4.69, 9.17) is 4.74 Å². The summed E-state index contributed by atoms with van der Waals surface area (Å²) in [6.07, 6.45) is 5.60. The van der Waals surface area contributed by atoms with Gasteiger partial charge in [-0.3, -0.25) is 4.79 Å². The monoisotopic (exact) mass is 365 g/mol. The Kier molecular flexibility index (Phi) is 5.91. The number of carboxylic acids is 1. The molecule has 1 saturated carbocycles. The zero-order valence-corrected chi connectivity index (χ0v) is 15.1. The highest BCUT2D eigenvalue weighted by Gasteiger charge is 2.51. The smallest absolute Gasteiger partial charge is 0.407 e. The highest BCUT2D eigenvalue weighted by Crippen LogP contribution is 2.48. The summed E-state index contributed by atoms with van der Waals surface area (Å²) in [6.45, 7) is 0.747. The maximum Gasteiger partial charge on any atom is 0.407 e. The van der Waals surface area contributed by atoms with Crippen LogP contribution in [0, 0.1) is 0 Å². The van der Waals surface area contributed by atoms with Gasteiger partial charge in [-0.05, 0) is 36.0 Å². The number of nitrogens with one attached hydrogen (secondary N) is 1. The van der Waals surface area contributed by atoms with Gasteiger partial charge in [0.2, 0.25) is 0 Å². The number of benzene rings is 2. The lowest BCUT2D eigenvalue weighted by Crippen LogP contribution is -2.24. The molecule has 0 radical (unpaired) electrons. The van der Waals surface area contributed by atoms with E-state index < -0.39 is 17.5 Å². The van der Waals surface area contributed by atoms with Gasteiger partial charge in [-0.2, -0.15) is 0 Å². The van der Waals surface area contributed by atoms with E-state index in [1.54, 1.807) is 0 Å². The molecule has 0 aliphatic heterocycles. The van der Waals surface area contributed by atoms with Crippen LogP contribution in [-0.2, 0) is 21.6 Å². The number of carboxylic acid groups (broad SMARTS) is 1. The molecule has 3 rings (SSSR count). The van der Waals surface area contributed by atoms with Crippen LogP contribution in [0.25, 0.3) is 6.08 Å². The van der Waals surface area contributed by atoms with Crippen LogP contribution >= 0.6 is 0 Å². The number of hydrogen-bond acceptors (Lipinski definition) is 3. The van der Waals surface area contributed by atoms with Gasteiger partial charge in [-0.1, -0.05) is 66.7 Å². The molecular formula is C22H23NO4. The van der Waals surface area contributed by atoms with E-state index in [2.05, 4.69) is 5.32 Å². The third-order valence-electron chi connectivity index (χ3n) is 4.73. The third-order valence-corrected chi connectivity index (χ3v) is 4.73. The predicted molar refractivity (Wildman–Crippen MR) is 103 cm³/mol. The van der Waals surface area contributed by atoms with Gasteiger partial charge in [-0.25, -0.2) is 4.79 Å². The highest BCUT2D eigenvalue weighted by molar-refractivity contribution is 5.85. The van der Waals surface area contributed by atoms with E-state index >= 15 is 0 Å². The van der Waals surface area contributed by atoms with Crippen LogP contribution in [0.4, 0.5) is 4.79 Å². The Morgan fingerprint density at radius 1 is 1.07 bits per heavy atom. The second-order valence-electron chi connectivity index (χ2n) is 6.69. The molecule has 27 heavy (non-hydrogen) atoms. The molecule has 2 aromatic rings. The first-order valence-corrected chi connectivity index (χ1v) is 9.05. The largest absolute Gasteiger partial charge is 0.481 e. The zero-order valence-electron chi connectivity index (χ0n) is 15.1. The van der Waals surface area contributed by atoms with Crippen molar-refractivity contribution >= 4 is 18.1 Å². The van der Waals surface area contributed by atoms with Crippen molar-refractivity contribution in [1.82, 2.24) is 5.32 Å². The maximum atomic E-state index is 11.6. The summed E-state index contributed by atoms with van der Waals surface area (Å²) in [7, 11) is 0. The fraction of sp³-hybridized carbons (Fsp3) is 0.273. The molecule has 5 nitrogen and oxygen atoms in total. The van der Waals surface area contributed by atoms with Crippen LogP contribution in [0.3, 0.4) is 0 Å². The van der Waals surface area contributed by atoms with Crippen LogP contribution < -0.4 is 5.32 Å². The lowest BCUT2D eigenvalue weighted by atomic mass is 9.95. The van der Waals surface area contributed by atoms with Crippen LogP contribution in [0.2, 0.25) is 0 Å². The van der Waals surface area contributed by atoms with Crippen LogP contribution in [0.5, 0.6) is 0 Å². The van der Waals surface area contributed by atoms with Crippen molar-refractivity contribution in [3.05, 3.63) is 77.4 Å². The van der Waals surface area contributed by atoms with Gasteiger partial charge in [0, 0.05) is 6.54 Å². The fourth-order valence-corrected chi connectivity index (χ4v) is 2.92.